The molecule has 3 aliphatic rings. The minimum Gasteiger partial charge on any atom is -0.357 e. The molecule has 25 heavy (non-hydrogen) atoms. The normalized spacial score (nSPS) is 27.8. The molecule has 0 bridgehead atoms. The molecule has 0 spiro atoms. The second-order valence-corrected chi connectivity index (χ2v) is 9.25. The fourth-order valence-electron chi connectivity index (χ4n) is 4.34. The van der Waals surface area contributed by atoms with Crippen LogP contribution in [0.2, 0.25) is 0 Å². The van der Waals surface area contributed by atoms with Crippen molar-refractivity contribution in [2.75, 3.05) is 11.5 Å². The van der Waals surface area contributed by atoms with Crippen molar-refractivity contribution in [3.05, 3.63) is 35.5 Å². The minimum atomic E-state index is -3.15. The van der Waals surface area contributed by atoms with E-state index in [4.69, 9.17) is 0 Å². The quantitative estimate of drug-likeness (QED) is 0.771. The van der Waals surface area contributed by atoms with Gasteiger partial charge in [-0.3, -0.25) is 9.69 Å². The van der Waals surface area contributed by atoms with E-state index in [9.17, 15) is 18.0 Å². The summed E-state index contributed by atoms with van der Waals surface area (Å²) in [5.41, 5.74) is 3.05. The molecule has 2 saturated heterocycles. The lowest BCUT2D eigenvalue weighted by Crippen LogP contribution is -2.41. The van der Waals surface area contributed by atoms with Crippen LogP contribution in [-0.2, 0) is 27.6 Å². The lowest BCUT2D eigenvalue weighted by atomic mass is 9.97. The van der Waals surface area contributed by atoms with Crippen LogP contribution >= 0.6 is 0 Å². The van der Waals surface area contributed by atoms with Crippen LogP contribution in [0.5, 0.6) is 0 Å². The molecule has 130 valence electrons. The van der Waals surface area contributed by atoms with Gasteiger partial charge in [-0.25, -0.2) is 13.2 Å². The van der Waals surface area contributed by atoms with Gasteiger partial charge in [-0.2, -0.15) is 0 Å². The molecule has 0 radical (unpaired) electrons. The van der Waals surface area contributed by atoms with Gasteiger partial charge in [-0.1, -0.05) is 18.2 Å². The first kappa shape index (κ1) is 14.9. The first-order chi connectivity index (χ1) is 11.9. The molecular formula is C17H17N3O4S. The largest absolute Gasteiger partial charge is 0.357 e. The molecule has 2 fully saturated rings. The van der Waals surface area contributed by atoms with Crippen molar-refractivity contribution in [3.8, 4) is 0 Å². The number of carbonyl (C=O) groups excluding carboxylic acids is 2. The van der Waals surface area contributed by atoms with Gasteiger partial charge in [-0.15, -0.1) is 0 Å². The maximum absolute atomic E-state index is 12.9. The van der Waals surface area contributed by atoms with Crippen molar-refractivity contribution in [2.45, 2.75) is 31.5 Å². The molecule has 2 unspecified atom stereocenters. The number of sulfone groups is 1. The van der Waals surface area contributed by atoms with E-state index in [2.05, 4.69) is 4.98 Å². The van der Waals surface area contributed by atoms with Crippen LogP contribution in [0.15, 0.2) is 24.3 Å². The first-order valence-electron chi connectivity index (χ1n) is 8.37. The van der Waals surface area contributed by atoms with Crippen LogP contribution in [0.1, 0.15) is 17.7 Å². The number of rotatable bonds is 1. The molecule has 0 aliphatic carbocycles. The van der Waals surface area contributed by atoms with E-state index in [-0.39, 0.29) is 23.4 Å². The number of H-pyrrole nitrogens is 1. The number of nitrogens with one attached hydrogen (secondary N) is 1. The van der Waals surface area contributed by atoms with Gasteiger partial charge in [0.1, 0.15) is 6.04 Å². The number of amides is 3. The Balaban J connectivity index is 1.51. The third-order valence-corrected chi connectivity index (χ3v) is 7.30. The minimum absolute atomic E-state index is 0.0447. The standard InChI is InChI=1S/C17H17N3O4S/c21-16-15-7-12-11-3-1-2-4-13(11)18-14(12)8-19(15)17(22)20(16)10-5-6-25(23,24)9-10/h1-4,10,15,18H,5-9H2. The van der Waals surface area contributed by atoms with E-state index in [1.807, 2.05) is 24.3 Å². The van der Waals surface area contributed by atoms with Crippen LogP contribution in [0, 0.1) is 0 Å². The highest BCUT2D eigenvalue weighted by molar-refractivity contribution is 7.91. The van der Waals surface area contributed by atoms with Crippen molar-refractivity contribution in [1.82, 2.24) is 14.8 Å². The Bertz CT molecular complexity index is 1030. The number of fused-ring (bicyclic) bond motifs is 4. The summed E-state index contributed by atoms with van der Waals surface area (Å²) >= 11 is 0. The summed E-state index contributed by atoms with van der Waals surface area (Å²) in [6.45, 7) is 0.356. The Morgan fingerprint density at radius 2 is 1.96 bits per heavy atom. The number of benzene rings is 1. The van der Waals surface area contributed by atoms with Gasteiger partial charge >= 0.3 is 6.03 Å². The number of urea groups is 1. The van der Waals surface area contributed by atoms with Crippen LogP contribution in [0.4, 0.5) is 4.79 Å². The molecule has 1 N–H and O–H groups in total. The number of aromatic amines is 1. The summed E-state index contributed by atoms with van der Waals surface area (Å²) in [7, 11) is -3.15. The lowest BCUT2D eigenvalue weighted by Gasteiger charge is -2.27. The maximum atomic E-state index is 12.9. The fourth-order valence-corrected chi connectivity index (χ4v) is 6.04. The zero-order valence-corrected chi connectivity index (χ0v) is 14.3. The van der Waals surface area contributed by atoms with Gasteiger partial charge in [0.25, 0.3) is 5.91 Å². The SMILES string of the molecule is O=C1C2Cc3c([nH]c4ccccc34)CN2C(=O)N1C1CCS(=O)(=O)C1. The van der Waals surface area contributed by atoms with Crippen molar-refractivity contribution in [2.24, 2.45) is 0 Å². The molecule has 1 aromatic heterocycles. The summed E-state index contributed by atoms with van der Waals surface area (Å²) in [5, 5.41) is 1.08. The van der Waals surface area contributed by atoms with Crippen molar-refractivity contribution in [3.63, 3.8) is 0 Å². The number of imide groups is 1. The molecule has 7 nitrogen and oxygen atoms in total. The molecule has 0 saturated carbocycles. The van der Waals surface area contributed by atoms with Gasteiger partial charge in [0, 0.05) is 23.0 Å². The van der Waals surface area contributed by atoms with Gasteiger partial charge in [0.15, 0.2) is 9.84 Å². The molecule has 3 aliphatic heterocycles. The molecule has 5 rings (SSSR count). The van der Waals surface area contributed by atoms with Crippen LogP contribution in [0.25, 0.3) is 10.9 Å². The van der Waals surface area contributed by atoms with Gasteiger partial charge < -0.3 is 9.88 Å². The van der Waals surface area contributed by atoms with Crippen LogP contribution in [0.3, 0.4) is 0 Å². The molecular weight excluding hydrogens is 342 g/mol. The maximum Gasteiger partial charge on any atom is 0.328 e. The predicted octanol–water partition coefficient (Wildman–Crippen LogP) is 1.04. The van der Waals surface area contributed by atoms with E-state index in [1.165, 1.54) is 4.90 Å². The average molecular weight is 359 g/mol. The first-order valence-corrected chi connectivity index (χ1v) is 10.2. The van der Waals surface area contributed by atoms with E-state index < -0.39 is 21.9 Å². The predicted molar refractivity (Wildman–Crippen MR) is 90.6 cm³/mol. The lowest BCUT2D eigenvalue weighted by molar-refractivity contribution is -0.129. The molecule has 1 aromatic carbocycles. The highest BCUT2D eigenvalue weighted by Gasteiger charge is 2.52. The summed E-state index contributed by atoms with van der Waals surface area (Å²) in [6, 6.07) is 6.50. The smallest absolute Gasteiger partial charge is 0.328 e. The third-order valence-electron chi connectivity index (χ3n) is 5.55. The van der Waals surface area contributed by atoms with Crippen molar-refractivity contribution < 1.29 is 18.0 Å². The summed E-state index contributed by atoms with van der Waals surface area (Å²) in [4.78, 5) is 31.8. The number of aromatic nitrogens is 1. The number of nitrogens with zero attached hydrogens (tertiary/aromatic N) is 2. The van der Waals surface area contributed by atoms with Crippen molar-refractivity contribution >= 4 is 32.7 Å². The van der Waals surface area contributed by atoms with Crippen molar-refractivity contribution in [1.29, 1.82) is 0 Å². The topological polar surface area (TPSA) is 90.6 Å². The summed E-state index contributed by atoms with van der Waals surface area (Å²) < 4.78 is 23.5. The Hall–Kier alpha value is -2.35. The zero-order chi connectivity index (χ0) is 17.3. The third kappa shape index (κ3) is 2.06. The van der Waals surface area contributed by atoms with E-state index in [0.717, 1.165) is 22.2 Å². The monoisotopic (exact) mass is 359 g/mol. The second kappa shape index (κ2) is 4.85. The van der Waals surface area contributed by atoms with E-state index >= 15 is 0 Å². The van der Waals surface area contributed by atoms with Crippen LogP contribution in [-0.4, -0.2) is 58.7 Å². The Kier molecular flexibility index (Phi) is 2.90. The zero-order valence-electron chi connectivity index (χ0n) is 13.4. The Morgan fingerprint density at radius 3 is 2.72 bits per heavy atom. The highest BCUT2D eigenvalue weighted by atomic mass is 32.2. The Morgan fingerprint density at radius 1 is 1.16 bits per heavy atom. The average Bonchev–Trinajstić information content (AvgIpc) is 3.19. The second-order valence-electron chi connectivity index (χ2n) is 7.02. The van der Waals surface area contributed by atoms with Gasteiger partial charge in [0.2, 0.25) is 0 Å². The fraction of sp³-hybridized carbons (Fsp3) is 0.412. The number of hydrogen-bond donors (Lipinski definition) is 1. The molecule has 2 atom stereocenters. The Labute approximate surface area is 144 Å². The highest BCUT2D eigenvalue weighted by Crippen LogP contribution is 2.36. The molecule has 3 amide bonds. The van der Waals surface area contributed by atoms with Gasteiger partial charge in [0.05, 0.1) is 24.1 Å². The summed E-state index contributed by atoms with van der Waals surface area (Å²) in [6.07, 6.45) is 0.814. The van der Waals surface area contributed by atoms with E-state index in [1.54, 1.807) is 4.90 Å². The van der Waals surface area contributed by atoms with Gasteiger partial charge in [-0.05, 0) is 18.1 Å². The molecule has 8 heteroatoms. The molecule has 2 aromatic rings. The molecule has 4 heterocycles. The number of para-hydroxylation sites is 1. The number of carbonyl (C=O) groups is 2. The van der Waals surface area contributed by atoms with Crippen LogP contribution < -0.4 is 0 Å². The number of hydrogen-bond acceptors (Lipinski definition) is 4. The summed E-state index contributed by atoms with van der Waals surface area (Å²) in [5.74, 6) is -0.328. The van der Waals surface area contributed by atoms with E-state index in [0.29, 0.717) is 19.4 Å².